The Labute approximate surface area is 100 Å². The van der Waals surface area contributed by atoms with Crippen molar-refractivity contribution in [3.05, 3.63) is 23.8 Å². The third kappa shape index (κ3) is 2.52. The summed E-state index contributed by atoms with van der Waals surface area (Å²) in [6.07, 6.45) is 0.665. The van der Waals surface area contributed by atoms with Crippen LogP contribution in [0.1, 0.15) is 12.5 Å². The number of rotatable bonds is 3. The predicted octanol–water partition coefficient (Wildman–Crippen LogP) is 1.81. The van der Waals surface area contributed by atoms with Gasteiger partial charge in [0.1, 0.15) is 18.1 Å². The van der Waals surface area contributed by atoms with E-state index in [0.29, 0.717) is 19.6 Å². The van der Waals surface area contributed by atoms with Gasteiger partial charge in [-0.05, 0) is 25.0 Å². The van der Waals surface area contributed by atoms with Crippen molar-refractivity contribution >= 4 is 5.97 Å². The molecule has 1 aromatic carbocycles. The molecule has 0 aromatic heterocycles. The summed E-state index contributed by atoms with van der Waals surface area (Å²) in [6, 6.07) is 5.64. The van der Waals surface area contributed by atoms with Gasteiger partial charge in [0.15, 0.2) is 0 Å². The quantitative estimate of drug-likeness (QED) is 0.751. The molecular weight excluding hydrogens is 220 g/mol. The highest BCUT2D eigenvalue weighted by atomic mass is 16.5. The molecule has 1 heterocycles. The minimum Gasteiger partial charge on any atom is -0.497 e. The van der Waals surface area contributed by atoms with E-state index in [2.05, 4.69) is 0 Å². The summed E-state index contributed by atoms with van der Waals surface area (Å²) in [7, 11) is 1.62. The highest BCUT2D eigenvalue weighted by Gasteiger charge is 2.27. The number of hydrogen-bond donors (Lipinski definition) is 0. The largest absolute Gasteiger partial charge is 0.497 e. The lowest BCUT2D eigenvalue weighted by Gasteiger charge is -2.24. The van der Waals surface area contributed by atoms with Gasteiger partial charge in [0, 0.05) is 6.07 Å². The van der Waals surface area contributed by atoms with E-state index in [4.69, 9.17) is 14.2 Å². The molecule has 0 fully saturated rings. The van der Waals surface area contributed by atoms with E-state index in [0.717, 1.165) is 17.1 Å². The first-order valence-electron chi connectivity index (χ1n) is 5.71. The van der Waals surface area contributed by atoms with E-state index in [1.807, 2.05) is 18.2 Å². The minimum atomic E-state index is -0.198. The van der Waals surface area contributed by atoms with Gasteiger partial charge in [0.05, 0.1) is 19.6 Å². The second-order valence-electron chi connectivity index (χ2n) is 3.94. The molecule has 4 nitrogen and oxygen atoms in total. The summed E-state index contributed by atoms with van der Waals surface area (Å²) >= 11 is 0. The van der Waals surface area contributed by atoms with Crippen LogP contribution in [0.5, 0.6) is 11.5 Å². The maximum atomic E-state index is 11.6. The third-order valence-electron chi connectivity index (χ3n) is 2.80. The van der Waals surface area contributed by atoms with Crippen molar-refractivity contribution in [2.75, 3.05) is 20.3 Å². The van der Waals surface area contributed by atoms with Crippen LogP contribution < -0.4 is 9.47 Å². The molecule has 1 aliphatic heterocycles. The molecule has 0 bridgehead atoms. The standard InChI is InChI=1S/C13H16O4/c1-3-16-13(14)10-6-9-4-5-11(15-2)7-12(9)17-8-10/h4-5,7,10H,3,6,8H2,1-2H3/t10-/m0/s1. The molecule has 4 heteroatoms. The second kappa shape index (κ2) is 5.08. The van der Waals surface area contributed by atoms with Gasteiger partial charge in [-0.2, -0.15) is 0 Å². The van der Waals surface area contributed by atoms with Crippen molar-refractivity contribution in [2.24, 2.45) is 5.92 Å². The zero-order valence-electron chi connectivity index (χ0n) is 10.1. The highest BCUT2D eigenvalue weighted by Crippen LogP contribution is 2.31. The van der Waals surface area contributed by atoms with Crippen molar-refractivity contribution in [3.63, 3.8) is 0 Å². The Morgan fingerprint density at radius 3 is 3.06 bits per heavy atom. The van der Waals surface area contributed by atoms with Gasteiger partial charge in [0.25, 0.3) is 0 Å². The lowest BCUT2D eigenvalue weighted by Crippen LogP contribution is -2.29. The lowest BCUT2D eigenvalue weighted by molar-refractivity contribution is -0.149. The number of ether oxygens (including phenoxy) is 3. The Bertz CT molecular complexity index is 414. The van der Waals surface area contributed by atoms with E-state index in [1.165, 1.54) is 0 Å². The summed E-state index contributed by atoms with van der Waals surface area (Å²) in [5.74, 6) is 1.17. The Morgan fingerprint density at radius 2 is 2.35 bits per heavy atom. The summed E-state index contributed by atoms with van der Waals surface area (Å²) < 4.78 is 15.7. The van der Waals surface area contributed by atoms with Crippen molar-refractivity contribution < 1.29 is 19.0 Å². The highest BCUT2D eigenvalue weighted by molar-refractivity contribution is 5.73. The molecule has 0 aliphatic carbocycles. The molecule has 0 saturated heterocycles. The van der Waals surface area contributed by atoms with Crippen molar-refractivity contribution in [2.45, 2.75) is 13.3 Å². The fraction of sp³-hybridized carbons (Fsp3) is 0.462. The van der Waals surface area contributed by atoms with Crippen LogP contribution >= 0.6 is 0 Å². The number of benzene rings is 1. The van der Waals surface area contributed by atoms with E-state index >= 15 is 0 Å². The maximum Gasteiger partial charge on any atom is 0.312 e. The number of carbonyl (C=O) groups is 1. The molecule has 0 amide bonds. The Hall–Kier alpha value is -1.71. The molecule has 1 aliphatic rings. The van der Waals surface area contributed by atoms with Gasteiger partial charge in [0.2, 0.25) is 0 Å². The normalized spacial score (nSPS) is 17.9. The van der Waals surface area contributed by atoms with Gasteiger partial charge in [-0.1, -0.05) is 6.07 Å². The fourth-order valence-corrected chi connectivity index (χ4v) is 1.89. The van der Waals surface area contributed by atoms with Crippen molar-refractivity contribution in [3.8, 4) is 11.5 Å². The van der Waals surface area contributed by atoms with Crippen LogP contribution in [-0.2, 0) is 16.0 Å². The molecule has 1 atom stereocenters. The molecule has 0 unspecified atom stereocenters. The van der Waals surface area contributed by atoms with Crippen LogP contribution in [0.15, 0.2) is 18.2 Å². The molecular formula is C13H16O4. The average molecular weight is 236 g/mol. The van der Waals surface area contributed by atoms with Gasteiger partial charge >= 0.3 is 5.97 Å². The van der Waals surface area contributed by atoms with Crippen molar-refractivity contribution in [1.82, 2.24) is 0 Å². The van der Waals surface area contributed by atoms with E-state index in [-0.39, 0.29) is 11.9 Å². The molecule has 0 spiro atoms. The van der Waals surface area contributed by atoms with Gasteiger partial charge in [-0.15, -0.1) is 0 Å². The molecule has 0 radical (unpaired) electrons. The molecule has 0 N–H and O–H groups in total. The summed E-state index contributed by atoms with van der Waals surface area (Å²) in [5.41, 5.74) is 1.02. The van der Waals surface area contributed by atoms with Crippen LogP contribution in [0.4, 0.5) is 0 Å². The number of fused-ring (bicyclic) bond motifs is 1. The molecule has 1 aromatic rings. The SMILES string of the molecule is CCOC(=O)[C@@H]1COc2cc(OC)ccc2C1. The molecule has 2 rings (SSSR count). The number of methoxy groups -OCH3 is 1. The Balaban J connectivity index is 2.11. The zero-order chi connectivity index (χ0) is 12.3. The van der Waals surface area contributed by atoms with Crippen LogP contribution in [0.25, 0.3) is 0 Å². The third-order valence-corrected chi connectivity index (χ3v) is 2.80. The number of carbonyl (C=O) groups excluding carboxylic acids is 1. The lowest BCUT2D eigenvalue weighted by atomic mass is 9.97. The average Bonchev–Trinajstić information content (AvgIpc) is 2.37. The van der Waals surface area contributed by atoms with E-state index in [1.54, 1.807) is 14.0 Å². The summed E-state index contributed by atoms with van der Waals surface area (Å²) in [5, 5.41) is 0. The molecule has 17 heavy (non-hydrogen) atoms. The monoisotopic (exact) mass is 236 g/mol. The Morgan fingerprint density at radius 1 is 1.53 bits per heavy atom. The van der Waals surface area contributed by atoms with Gasteiger partial charge < -0.3 is 14.2 Å². The molecule has 0 saturated carbocycles. The van der Waals surface area contributed by atoms with Gasteiger partial charge in [-0.25, -0.2) is 0 Å². The van der Waals surface area contributed by atoms with E-state index < -0.39 is 0 Å². The first-order chi connectivity index (χ1) is 8.24. The van der Waals surface area contributed by atoms with Crippen LogP contribution in [0, 0.1) is 5.92 Å². The van der Waals surface area contributed by atoms with E-state index in [9.17, 15) is 4.79 Å². The fourth-order valence-electron chi connectivity index (χ4n) is 1.89. The van der Waals surface area contributed by atoms with Crippen LogP contribution in [-0.4, -0.2) is 26.3 Å². The second-order valence-corrected chi connectivity index (χ2v) is 3.94. The van der Waals surface area contributed by atoms with Crippen molar-refractivity contribution in [1.29, 1.82) is 0 Å². The predicted molar refractivity (Wildman–Crippen MR) is 62.3 cm³/mol. The first kappa shape index (κ1) is 11.8. The summed E-state index contributed by atoms with van der Waals surface area (Å²) in [4.78, 5) is 11.6. The zero-order valence-corrected chi connectivity index (χ0v) is 10.1. The molecule has 92 valence electrons. The topological polar surface area (TPSA) is 44.8 Å². The van der Waals surface area contributed by atoms with Gasteiger partial charge in [-0.3, -0.25) is 4.79 Å². The smallest absolute Gasteiger partial charge is 0.312 e. The maximum absolute atomic E-state index is 11.6. The number of esters is 1. The number of hydrogen-bond acceptors (Lipinski definition) is 4. The minimum absolute atomic E-state index is 0.186. The van der Waals surface area contributed by atoms with Crippen LogP contribution in [0.2, 0.25) is 0 Å². The first-order valence-corrected chi connectivity index (χ1v) is 5.71. The van der Waals surface area contributed by atoms with Crippen LogP contribution in [0.3, 0.4) is 0 Å². The summed E-state index contributed by atoms with van der Waals surface area (Å²) in [6.45, 7) is 2.59. The Kier molecular flexibility index (Phi) is 3.52.